The Labute approximate surface area is 125 Å². The minimum atomic E-state index is 0.521. The van der Waals surface area contributed by atoms with E-state index >= 15 is 0 Å². The van der Waals surface area contributed by atoms with Crippen LogP contribution in [0.25, 0.3) is 0 Å². The molecule has 0 unspecified atom stereocenters. The summed E-state index contributed by atoms with van der Waals surface area (Å²) in [6.45, 7) is 4.27. The summed E-state index contributed by atoms with van der Waals surface area (Å²) in [5, 5.41) is 14.3. The van der Waals surface area contributed by atoms with Crippen LogP contribution in [0.5, 0.6) is 0 Å². The Hall–Kier alpha value is -2.21. The molecular formula is C15H21N5O. The van der Waals surface area contributed by atoms with Crippen LogP contribution in [-0.4, -0.2) is 35.4 Å². The Morgan fingerprint density at radius 2 is 1.95 bits per heavy atom. The third-order valence-electron chi connectivity index (χ3n) is 2.96. The van der Waals surface area contributed by atoms with Gasteiger partial charge in [-0.1, -0.05) is 29.8 Å². The molecule has 0 fully saturated rings. The van der Waals surface area contributed by atoms with E-state index < -0.39 is 0 Å². The highest BCUT2D eigenvalue weighted by molar-refractivity contribution is 5.37. The summed E-state index contributed by atoms with van der Waals surface area (Å²) >= 11 is 0. The maximum atomic E-state index is 5.00. The first kappa shape index (κ1) is 15.2. The first-order valence-corrected chi connectivity index (χ1v) is 7.00. The SMILES string of the molecule is COCCCNc1cnnc(NCc2ccc(C)cc2)n1. The molecule has 2 N–H and O–H groups in total. The van der Waals surface area contributed by atoms with Crippen LogP contribution in [0.4, 0.5) is 11.8 Å². The number of aromatic nitrogens is 3. The topological polar surface area (TPSA) is 72.0 Å². The zero-order chi connectivity index (χ0) is 14.9. The molecule has 2 rings (SSSR count). The van der Waals surface area contributed by atoms with E-state index in [-0.39, 0.29) is 0 Å². The molecular weight excluding hydrogens is 266 g/mol. The van der Waals surface area contributed by atoms with Crippen LogP contribution in [0.3, 0.4) is 0 Å². The van der Waals surface area contributed by atoms with Gasteiger partial charge in [-0.25, -0.2) is 0 Å². The Kier molecular flexibility index (Phi) is 5.90. The van der Waals surface area contributed by atoms with E-state index in [1.165, 1.54) is 11.1 Å². The van der Waals surface area contributed by atoms with E-state index in [9.17, 15) is 0 Å². The first-order valence-electron chi connectivity index (χ1n) is 7.00. The number of methoxy groups -OCH3 is 1. The fraction of sp³-hybridized carbons (Fsp3) is 0.400. The molecule has 0 aliphatic heterocycles. The van der Waals surface area contributed by atoms with E-state index in [4.69, 9.17) is 4.74 Å². The van der Waals surface area contributed by atoms with E-state index in [2.05, 4.69) is 57.0 Å². The van der Waals surface area contributed by atoms with E-state index in [0.29, 0.717) is 18.3 Å². The van der Waals surface area contributed by atoms with Crippen molar-refractivity contribution in [3.63, 3.8) is 0 Å². The molecule has 1 heterocycles. The van der Waals surface area contributed by atoms with Crippen molar-refractivity contribution in [2.75, 3.05) is 30.9 Å². The Morgan fingerprint density at radius 1 is 1.14 bits per heavy atom. The molecule has 0 atom stereocenters. The van der Waals surface area contributed by atoms with Gasteiger partial charge < -0.3 is 15.4 Å². The van der Waals surface area contributed by atoms with Crippen molar-refractivity contribution in [3.05, 3.63) is 41.6 Å². The van der Waals surface area contributed by atoms with Crippen LogP contribution in [0, 0.1) is 6.92 Å². The highest BCUT2D eigenvalue weighted by Gasteiger charge is 2.00. The smallest absolute Gasteiger partial charge is 0.244 e. The number of aryl methyl sites for hydroxylation is 1. The van der Waals surface area contributed by atoms with Gasteiger partial charge >= 0.3 is 0 Å². The second-order valence-corrected chi connectivity index (χ2v) is 4.78. The lowest BCUT2D eigenvalue weighted by molar-refractivity contribution is 0.197. The molecule has 1 aromatic carbocycles. The second kappa shape index (κ2) is 8.16. The van der Waals surface area contributed by atoms with Crippen molar-refractivity contribution in [1.29, 1.82) is 0 Å². The molecule has 0 saturated heterocycles. The normalized spacial score (nSPS) is 10.4. The second-order valence-electron chi connectivity index (χ2n) is 4.78. The number of anilines is 2. The van der Waals surface area contributed by atoms with E-state index in [1.807, 2.05) is 0 Å². The van der Waals surface area contributed by atoms with Crippen LogP contribution in [0.1, 0.15) is 17.5 Å². The van der Waals surface area contributed by atoms with Gasteiger partial charge in [-0.3, -0.25) is 0 Å². The summed E-state index contributed by atoms with van der Waals surface area (Å²) in [6.07, 6.45) is 2.54. The lowest BCUT2D eigenvalue weighted by Gasteiger charge is -2.07. The van der Waals surface area contributed by atoms with Gasteiger partial charge in [-0.15, -0.1) is 5.10 Å². The van der Waals surface area contributed by atoms with Gasteiger partial charge in [-0.2, -0.15) is 10.1 Å². The van der Waals surface area contributed by atoms with E-state index in [1.54, 1.807) is 13.3 Å². The molecule has 1 aromatic heterocycles. The van der Waals surface area contributed by atoms with E-state index in [0.717, 1.165) is 19.6 Å². The number of hydrogen-bond acceptors (Lipinski definition) is 6. The number of rotatable bonds is 8. The monoisotopic (exact) mass is 287 g/mol. The summed E-state index contributed by atoms with van der Waals surface area (Å²) in [4.78, 5) is 4.37. The lowest BCUT2D eigenvalue weighted by Crippen LogP contribution is -2.10. The largest absolute Gasteiger partial charge is 0.385 e. The molecule has 0 saturated carbocycles. The highest BCUT2D eigenvalue weighted by Crippen LogP contribution is 2.07. The van der Waals surface area contributed by atoms with Crippen molar-refractivity contribution in [2.45, 2.75) is 19.9 Å². The average Bonchev–Trinajstić information content (AvgIpc) is 2.52. The fourth-order valence-electron chi connectivity index (χ4n) is 1.78. The van der Waals surface area contributed by atoms with Crippen LogP contribution in [0.2, 0.25) is 0 Å². The summed E-state index contributed by atoms with van der Waals surface area (Å²) in [5.74, 6) is 1.24. The molecule has 2 aromatic rings. The van der Waals surface area contributed by atoms with Crippen molar-refractivity contribution in [1.82, 2.24) is 15.2 Å². The zero-order valence-electron chi connectivity index (χ0n) is 12.5. The Morgan fingerprint density at radius 3 is 2.71 bits per heavy atom. The zero-order valence-corrected chi connectivity index (χ0v) is 12.5. The number of nitrogens with zero attached hydrogens (tertiary/aromatic N) is 3. The molecule has 0 aliphatic carbocycles. The van der Waals surface area contributed by atoms with Crippen molar-refractivity contribution in [2.24, 2.45) is 0 Å². The molecule has 0 aliphatic rings. The van der Waals surface area contributed by atoms with Gasteiger partial charge in [-0.05, 0) is 18.9 Å². The van der Waals surface area contributed by atoms with Gasteiger partial charge in [0.25, 0.3) is 0 Å². The third kappa shape index (κ3) is 5.35. The summed E-state index contributed by atoms with van der Waals surface area (Å²) < 4.78 is 5.00. The number of hydrogen-bond donors (Lipinski definition) is 2. The molecule has 0 spiro atoms. The van der Waals surface area contributed by atoms with Crippen LogP contribution in [0.15, 0.2) is 30.5 Å². The fourth-order valence-corrected chi connectivity index (χ4v) is 1.78. The predicted molar refractivity (Wildman–Crippen MR) is 83.3 cm³/mol. The van der Waals surface area contributed by atoms with Crippen LogP contribution in [-0.2, 0) is 11.3 Å². The van der Waals surface area contributed by atoms with Crippen molar-refractivity contribution >= 4 is 11.8 Å². The molecule has 0 radical (unpaired) electrons. The number of ether oxygens (including phenoxy) is 1. The maximum Gasteiger partial charge on any atom is 0.244 e. The molecule has 6 heteroatoms. The maximum absolute atomic E-state index is 5.00. The minimum absolute atomic E-state index is 0.521. The first-order chi connectivity index (χ1) is 10.3. The molecule has 0 bridgehead atoms. The summed E-state index contributed by atoms with van der Waals surface area (Å²) in [6, 6.07) is 8.35. The Balaban J connectivity index is 1.84. The Bertz CT molecular complexity index is 544. The average molecular weight is 287 g/mol. The van der Waals surface area contributed by atoms with Crippen molar-refractivity contribution in [3.8, 4) is 0 Å². The third-order valence-corrected chi connectivity index (χ3v) is 2.96. The lowest BCUT2D eigenvalue weighted by atomic mass is 10.1. The molecule has 0 amide bonds. The molecule has 21 heavy (non-hydrogen) atoms. The standard InChI is InChI=1S/C15H21N5O/c1-12-4-6-13(7-5-12)10-17-15-19-14(11-18-20-15)16-8-3-9-21-2/h4-7,11H,3,8-10H2,1-2H3,(H2,16,17,19,20). The van der Waals surface area contributed by atoms with Gasteiger partial charge in [0, 0.05) is 26.8 Å². The van der Waals surface area contributed by atoms with Gasteiger partial charge in [0.15, 0.2) is 5.82 Å². The van der Waals surface area contributed by atoms with Gasteiger partial charge in [0.05, 0.1) is 6.20 Å². The quantitative estimate of drug-likeness (QED) is 0.726. The minimum Gasteiger partial charge on any atom is -0.385 e. The van der Waals surface area contributed by atoms with Crippen molar-refractivity contribution < 1.29 is 4.74 Å². The van der Waals surface area contributed by atoms with Gasteiger partial charge in [0.1, 0.15) is 0 Å². The number of benzene rings is 1. The highest BCUT2D eigenvalue weighted by atomic mass is 16.5. The van der Waals surface area contributed by atoms with Crippen LogP contribution < -0.4 is 10.6 Å². The molecule has 6 nitrogen and oxygen atoms in total. The molecule has 112 valence electrons. The predicted octanol–water partition coefficient (Wildman–Crippen LogP) is 2.24. The summed E-state index contributed by atoms with van der Waals surface area (Å²) in [7, 11) is 1.69. The number of nitrogens with one attached hydrogen (secondary N) is 2. The van der Waals surface area contributed by atoms with Crippen LogP contribution >= 0.6 is 0 Å². The summed E-state index contributed by atoms with van der Waals surface area (Å²) in [5.41, 5.74) is 2.43. The van der Waals surface area contributed by atoms with Gasteiger partial charge in [0.2, 0.25) is 5.95 Å².